The van der Waals surface area contributed by atoms with Crippen molar-refractivity contribution >= 4 is 21.6 Å². The summed E-state index contributed by atoms with van der Waals surface area (Å²) in [6.45, 7) is 3.42. The first-order valence-electron chi connectivity index (χ1n) is 11.9. The quantitative estimate of drug-likeness (QED) is 0.547. The number of hydrogen-bond donors (Lipinski definition) is 1. The molecule has 2 aliphatic rings. The Morgan fingerprint density at radius 3 is 2.43 bits per heavy atom. The van der Waals surface area contributed by atoms with Gasteiger partial charge in [-0.3, -0.25) is 14.0 Å². The van der Waals surface area contributed by atoms with E-state index in [2.05, 4.69) is 22.3 Å². The van der Waals surface area contributed by atoms with E-state index in [0.29, 0.717) is 18.0 Å². The predicted octanol–water partition coefficient (Wildman–Crippen LogP) is 3.56. The third-order valence-corrected chi connectivity index (χ3v) is 8.22. The van der Waals surface area contributed by atoms with E-state index < -0.39 is 16.1 Å². The maximum Gasteiger partial charge on any atom is 0.264 e. The van der Waals surface area contributed by atoms with Crippen LogP contribution >= 0.6 is 0 Å². The molecular formula is C27H29N3O4S. The number of hydrogen-bond acceptors (Lipinski definition) is 5. The predicted molar refractivity (Wildman–Crippen MR) is 135 cm³/mol. The second-order valence-corrected chi connectivity index (χ2v) is 10.8. The van der Waals surface area contributed by atoms with Gasteiger partial charge in [0, 0.05) is 13.1 Å². The number of carbonyl (C=O) groups is 1. The van der Waals surface area contributed by atoms with Crippen molar-refractivity contribution in [3.63, 3.8) is 0 Å². The molecule has 1 fully saturated rings. The van der Waals surface area contributed by atoms with E-state index in [0.717, 1.165) is 25.2 Å². The zero-order valence-electron chi connectivity index (χ0n) is 19.5. The molecule has 1 N–H and O–H groups in total. The van der Waals surface area contributed by atoms with Crippen molar-refractivity contribution in [3.05, 3.63) is 90.0 Å². The molecule has 0 aromatic heterocycles. The highest BCUT2D eigenvalue weighted by Gasteiger charge is 2.37. The van der Waals surface area contributed by atoms with Crippen LogP contribution in [0.25, 0.3) is 0 Å². The van der Waals surface area contributed by atoms with Gasteiger partial charge in [0.05, 0.1) is 17.1 Å². The van der Waals surface area contributed by atoms with Crippen molar-refractivity contribution in [2.45, 2.75) is 36.9 Å². The van der Waals surface area contributed by atoms with Crippen LogP contribution in [0.2, 0.25) is 0 Å². The van der Waals surface area contributed by atoms with E-state index in [1.807, 2.05) is 12.1 Å². The first-order valence-corrected chi connectivity index (χ1v) is 13.4. The van der Waals surface area contributed by atoms with Crippen molar-refractivity contribution in [2.24, 2.45) is 0 Å². The fourth-order valence-corrected chi connectivity index (χ4v) is 6.12. The van der Waals surface area contributed by atoms with E-state index >= 15 is 0 Å². The highest BCUT2D eigenvalue weighted by atomic mass is 32.2. The summed E-state index contributed by atoms with van der Waals surface area (Å²) < 4.78 is 34.0. The molecule has 3 aromatic carbocycles. The number of benzene rings is 3. The lowest BCUT2D eigenvalue weighted by molar-refractivity contribution is -0.127. The highest BCUT2D eigenvalue weighted by molar-refractivity contribution is 7.92. The van der Waals surface area contributed by atoms with E-state index in [1.54, 1.807) is 54.6 Å². The summed E-state index contributed by atoms with van der Waals surface area (Å²) in [5.41, 5.74) is 2.65. The number of anilines is 1. The molecule has 5 rings (SSSR count). The Morgan fingerprint density at radius 2 is 1.63 bits per heavy atom. The van der Waals surface area contributed by atoms with Gasteiger partial charge < -0.3 is 10.1 Å². The molecule has 1 amide bonds. The molecule has 2 aliphatic heterocycles. The van der Waals surface area contributed by atoms with Gasteiger partial charge in [-0.25, -0.2) is 8.42 Å². The van der Waals surface area contributed by atoms with Crippen molar-refractivity contribution in [3.8, 4) is 5.75 Å². The minimum atomic E-state index is -3.86. The average molecular weight is 492 g/mol. The van der Waals surface area contributed by atoms with Crippen LogP contribution in [-0.2, 0) is 27.9 Å². The summed E-state index contributed by atoms with van der Waals surface area (Å²) >= 11 is 0. The van der Waals surface area contributed by atoms with Gasteiger partial charge in [0.25, 0.3) is 15.9 Å². The largest absolute Gasteiger partial charge is 0.476 e. The molecule has 0 aliphatic carbocycles. The van der Waals surface area contributed by atoms with Gasteiger partial charge >= 0.3 is 0 Å². The first kappa shape index (κ1) is 23.4. The zero-order chi connectivity index (χ0) is 24.3. The lowest BCUT2D eigenvalue weighted by atomic mass is 10.1. The smallest absolute Gasteiger partial charge is 0.264 e. The third-order valence-electron chi connectivity index (χ3n) is 6.42. The number of ether oxygens (including phenoxy) is 1. The van der Waals surface area contributed by atoms with Gasteiger partial charge in [-0.15, -0.1) is 0 Å². The van der Waals surface area contributed by atoms with Crippen molar-refractivity contribution < 1.29 is 17.9 Å². The Labute approximate surface area is 206 Å². The molecule has 7 nitrogen and oxygen atoms in total. The molecule has 0 unspecified atom stereocenters. The molecule has 1 atom stereocenters. The summed E-state index contributed by atoms with van der Waals surface area (Å²) in [7, 11) is -3.86. The second-order valence-electron chi connectivity index (χ2n) is 8.94. The zero-order valence-corrected chi connectivity index (χ0v) is 20.3. The molecule has 2 heterocycles. The molecule has 0 spiro atoms. The number of nitrogens with zero attached hydrogens (tertiary/aromatic N) is 2. The molecule has 3 aromatic rings. The second kappa shape index (κ2) is 10.1. The summed E-state index contributed by atoms with van der Waals surface area (Å²) in [5.74, 6) is 0.0173. The van der Waals surface area contributed by atoms with Crippen LogP contribution in [0, 0.1) is 0 Å². The van der Waals surface area contributed by atoms with Gasteiger partial charge in [-0.1, -0.05) is 54.6 Å². The van der Waals surface area contributed by atoms with Crippen LogP contribution in [0.1, 0.15) is 24.0 Å². The molecule has 35 heavy (non-hydrogen) atoms. The number of amides is 1. The molecule has 8 heteroatoms. The number of rotatable bonds is 7. The Kier molecular flexibility index (Phi) is 6.74. The Balaban J connectivity index is 1.30. The van der Waals surface area contributed by atoms with Crippen molar-refractivity contribution in [1.29, 1.82) is 0 Å². The van der Waals surface area contributed by atoms with Crippen molar-refractivity contribution in [1.82, 2.24) is 10.2 Å². The van der Waals surface area contributed by atoms with Crippen LogP contribution < -0.4 is 14.4 Å². The number of likely N-dealkylation sites (tertiary alicyclic amines) is 1. The Hall–Kier alpha value is -3.36. The molecule has 0 bridgehead atoms. The molecule has 0 saturated carbocycles. The van der Waals surface area contributed by atoms with Crippen LogP contribution in [0.15, 0.2) is 83.8 Å². The van der Waals surface area contributed by atoms with Gasteiger partial charge in [0.1, 0.15) is 5.75 Å². The van der Waals surface area contributed by atoms with E-state index in [9.17, 15) is 13.2 Å². The van der Waals surface area contributed by atoms with E-state index in [-0.39, 0.29) is 17.3 Å². The fraction of sp³-hybridized carbons (Fsp3) is 0.296. The maximum atomic E-state index is 13.4. The molecular weight excluding hydrogens is 462 g/mol. The van der Waals surface area contributed by atoms with E-state index in [1.165, 1.54) is 22.7 Å². The topological polar surface area (TPSA) is 79.0 Å². The number of para-hydroxylation sites is 2. The standard InChI is InChI=1S/C27H29N3O4S/c31-27(28-18-21-9-8-10-22(17-21)19-29-15-6-7-16-29)26-20-30(24-13-4-5-14-25(24)34-26)35(32,33)23-11-2-1-3-12-23/h1-5,8-14,17,26H,6-7,15-16,18-20H2,(H,28,31)/t26-/m0/s1. The van der Waals surface area contributed by atoms with Crippen LogP contribution in [0.4, 0.5) is 5.69 Å². The van der Waals surface area contributed by atoms with Crippen molar-refractivity contribution in [2.75, 3.05) is 23.9 Å². The third kappa shape index (κ3) is 5.18. The van der Waals surface area contributed by atoms with Gasteiger partial charge in [-0.05, 0) is 61.3 Å². The molecule has 1 saturated heterocycles. The highest BCUT2D eigenvalue weighted by Crippen LogP contribution is 2.36. The number of nitrogens with one attached hydrogen (secondary N) is 1. The van der Waals surface area contributed by atoms with Crippen LogP contribution in [0.3, 0.4) is 0 Å². The molecule has 0 radical (unpaired) electrons. The van der Waals surface area contributed by atoms with Crippen LogP contribution in [0.5, 0.6) is 5.75 Å². The normalized spacial score (nSPS) is 18.1. The Bertz CT molecular complexity index is 1290. The maximum absolute atomic E-state index is 13.4. The lowest BCUT2D eigenvalue weighted by Gasteiger charge is -2.34. The van der Waals surface area contributed by atoms with Crippen LogP contribution in [-0.4, -0.2) is 45.0 Å². The number of fused-ring (bicyclic) bond motifs is 1. The van der Waals surface area contributed by atoms with Gasteiger partial charge in [0.2, 0.25) is 0 Å². The summed E-state index contributed by atoms with van der Waals surface area (Å²) in [5, 5.41) is 2.93. The van der Waals surface area contributed by atoms with E-state index in [4.69, 9.17) is 4.74 Å². The minimum absolute atomic E-state index is 0.102. The SMILES string of the molecule is O=C(NCc1cccc(CN2CCCC2)c1)[C@@H]1CN(S(=O)(=O)c2ccccc2)c2ccccc2O1. The number of sulfonamides is 1. The lowest BCUT2D eigenvalue weighted by Crippen LogP contribution is -2.50. The first-order chi connectivity index (χ1) is 17.0. The summed E-state index contributed by atoms with van der Waals surface area (Å²) in [6.07, 6.45) is 1.53. The molecule has 182 valence electrons. The minimum Gasteiger partial charge on any atom is -0.476 e. The number of carbonyl (C=O) groups excluding carboxylic acids is 1. The fourth-order valence-electron chi connectivity index (χ4n) is 4.63. The summed E-state index contributed by atoms with van der Waals surface area (Å²) in [6, 6.07) is 23.3. The van der Waals surface area contributed by atoms with Gasteiger partial charge in [-0.2, -0.15) is 0 Å². The summed E-state index contributed by atoms with van der Waals surface area (Å²) in [4.78, 5) is 15.7. The Morgan fingerprint density at radius 1 is 0.914 bits per heavy atom. The van der Waals surface area contributed by atoms with Gasteiger partial charge in [0.15, 0.2) is 6.10 Å². The monoisotopic (exact) mass is 491 g/mol. The average Bonchev–Trinajstić information content (AvgIpc) is 3.40.